The van der Waals surface area contributed by atoms with Crippen molar-refractivity contribution in [3.63, 3.8) is 0 Å². The normalized spacial score (nSPS) is 11.1. The summed E-state index contributed by atoms with van der Waals surface area (Å²) in [7, 11) is -1.42. The Kier molecular flexibility index (Phi) is 2.66. The van der Waals surface area contributed by atoms with Crippen LogP contribution in [0.15, 0.2) is 44.8 Å². The van der Waals surface area contributed by atoms with Crippen LogP contribution in [0.5, 0.6) is 0 Å². The molecule has 0 spiro atoms. The lowest BCUT2D eigenvalue weighted by molar-refractivity contribution is 0.647. The number of nitrogens with two attached hydrogens (primary N) is 1. The first-order valence-electron chi connectivity index (χ1n) is 5.77. The van der Waals surface area contributed by atoms with Crippen LogP contribution in [0.4, 0.5) is 0 Å². The van der Waals surface area contributed by atoms with E-state index in [1.807, 2.05) is 24.3 Å². The van der Waals surface area contributed by atoms with Crippen LogP contribution in [-0.2, 0) is 0 Å². The Morgan fingerprint density at radius 2 is 1.28 bits per heavy atom. The largest absolute Gasteiger partial charge is 0.408 e. The first-order chi connectivity index (χ1) is 8.66. The highest BCUT2D eigenvalue weighted by atomic mass is 31.1. The van der Waals surface area contributed by atoms with Gasteiger partial charge in [0.1, 0.15) is 11.2 Å². The van der Waals surface area contributed by atoms with Gasteiger partial charge in [0.25, 0.3) is 0 Å². The lowest BCUT2D eigenvalue weighted by Crippen LogP contribution is -1.80. The maximum Gasteiger partial charge on any atom is 0.303 e. The number of hydrogen-bond acceptors (Lipinski definition) is 3. The third-order valence-corrected chi connectivity index (χ3v) is 3.85. The van der Waals surface area contributed by atoms with Crippen molar-refractivity contribution in [3.05, 3.63) is 47.5 Å². The van der Waals surface area contributed by atoms with Gasteiger partial charge in [-0.2, -0.15) is 0 Å². The maximum atomic E-state index is 5.88. The van der Waals surface area contributed by atoms with Crippen LogP contribution in [0.3, 0.4) is 0 Å². The van der Waals surface area contributed by atoms with Crippen LogP contribution < -0.4 is 5.50 Å². The van der Waals surface area contributed by atoms with Crippen molar-refractivity contribution in [2.45, 2.75) is 13.8 Å². The number of fused-ring (bicyclic) bond motifs is 3. The molecular formula is C14H14NO2P. The lowest BCUT2D eigenvalue weighted by Gasteiger charge is -2.02. The van der Waals surface area contributed by atoms with E-state index >= 15 is 0 Å². The van der Waals surface area contributed by atoms with E-state index in [-0.39, 0.29) is 0 Å². The third-order valence-electron chi connectivity index (χ3n) is 3.10. The van der Waals surface area contributed by atoms with E-state index in [0.29, 0.717) is 0 Å². The van der Waals surface area contributed by atoms with Crippen molar-refractivity contribution in [3.8, 4) is 0 Å². The Hall–Kier alpha value is -1.70. The van der Waals surface area contributed by atoms with Gasteiger partial charge < -0.3 is 8.39 Å². The lowest BCUT2D eigenvalue weighted by atomic mass is 10.0. The molecule has 0 fully saturated rings. The molecule has 18 heavy (non-hydrogen) atoms. The first kappa shape index (κ1) is 11.4. The number of hydrogen-bond donors (Lipinski definition) is 1. The quantitative estimate of drug-likeness (QED) is 0.640. The molecule has 0 aliphatic heterocycles. The molecule has 92 valence electrons. The molecule has 0 aliphatic rings. The summed E-state index contributed by atoms with van der Waals surface area (Å²) < 4.78 is 11.4. The van der Waals surface area contributed by atoms with E-state index in [1.54, 1.807) is 0 Å². The summed E-state index contributed by atoms with van der Waals surface area (Å²) in [5.74, 6) is 0. The summed E-state index contributed by atoms with van der Waals surface area (Å²) in [4.78, 5) is 0. The van der Waals surface area contributed by atoms with Crippen LogP contribution in [0.2, 0.25) is 0 Å². The molecule has 1 aromatic heterocycles. The van der Waals surface area contributed by atoms with E-state index < -0.39 is 8.16 Å². The van der Waals surface area contributed by atoms with E-state index in [0.717, 1.165) is 33.1 Å². The standard InChI is InChI=1S/C14H14NO2P/c1-9-5-3-7-11-13(9)14-10(2)6-4-8-12(14)17-18(15)16-11/h3-8H,15H2,1-2H3. The van der Waals surface area contributed by atoms with E-state index in [1.165, 1.54) is 0 Å². The highest BCUT2D eigenvalue weighted by Crippen LogP contribution is 2.33. The monoisotopic (exact) mass is 259 g/mol. The molecule has 3 aromatic rings. The predicted octanol–water partition coefficient (Wildman–Crippen LogP) is 4.62. The summed E-state index contributed by atoms with van der Waals surface area (Å²) in [6, 6.07) is 12.0. The van der Waals surface area contributed by atoms with Crippen molar-refractivity contribution in [2.75, 3.05) is 5.50 Å². The molecule has 0 atom stereocenters. The summed E-state index contributed by atoms with van der Waals surface area (Å²) in [5, 5.41) is 2.17. The van der Waals surface area contributed by atoms with Gasteiger partial charge in [-0.3, -0.25) is 0 Å². The molecule has 0 saturated heterocycles. The summed E-state index contributed by atoms with van der Waals surface area (Å²) in [6.07, 6.45) is 0. The highest BCUT2D eigenvalue weighted by molar-refractivity contribution is 7.36. The second-order valence-corrected chi connectivity index (χ2v) is 5.30. The van der Waals surface area contributed by atoms with E-state index in [2.05, 4.69) is 26.0 Å². The minimum absolute atomic E-state index is 0.802. The minimum atomic E-state index is -1.42. The van der Waals surface area contributed by atoms with Gasteiger partial charge in [-0.1, -0.05) is 24.3 Å². The fourth-order valence-corrected chi connectivity index (χ4v) is 3.02. The molecule has 0 unspecified atom stereocenters. The average molecular weight is 259 g/mol. The van der Waals surface area contributed by atoms with E-state index in [9.17, 15) is 0 Å². The molecule has 0 bridgehead atoms. The van der Waals surface area contributed by atoms with Gasteiger partial charge in [-0.15, -0.1) is 0 Å². The molecule has 1 heterocycles. The molecule has 3 rings (SSSR count). The molecule has 2 N–H and O–H groups in total. The summed E-state index contributed by atoms with van der Waals surface area (Å²) in [5.41, 5.74) is 9.82. The second kappa shape index (κ2) is 4.20. The molecule has 0 radical (unpaired) electrons. The van der Waals surface area contributed by atoms with Gasteiger partial charge in [0.05, 0.1) is 0 Å². The van der Waals surface area contributed by atoms with Gasteiger partial charge in [0.2, 0.25) is 0 Å². The zero-order valence-electron chi connectivity index (χ0n) is 10.3. The highest BCUT2D eigenvalue weighted by Gasteiger charge is 2.08. The first-order valence-corrected chi connectivity index (χ1v) is 7.02. The SMILES string of the molecule is Cc1cccc2op(N)oc3cccc(C)c3c12. The Morgan fingerprint density at radius 3 is 1.72 bits per heavy atom. The predicted molar refractivity (Wildman–Crippen MR) is 75.9 cm³/mol. The van der Waals surface area contributed by atoms with Gasteiger partial charge in [0.15, 0.2) is 0 Å². The fraction of sp³-hybridized carbons (Fsp3) is 0.143. The van der Waals surface area contributed by atoms with E-state index in [4.69, 9.17) is 13.9 Å². The van der Waals surface area contributed by atoms with Crippen LogP contribution >= 0.6 is 8.16 Å². The Bertz CT molecular complexity index is 713. The van der Waals surface area contributed by atoms with Crippen molar-refractivity contribution in [2.24, 2.45) is 0 Å². The second-order valence-electron chi connectivity index (χ2n) is 4.36. The van der Waals surface area contributed by atoms with Crippen molar-refractivity contribution < 1.29 is 8.39 Å². The summed E-state index contributed by atoms with van der Waals surface area (Å²) >= 11 is 0. The minimum Gasteiger partial charge on any atom is -0.408 e. The Labute approximate surface area is 106 Å². The number of rotatable bonds is 0. The van der Waals surface area contributed by atoms with Crippen molar-refractivity contribution >= 4 is 30.1 Å². The van der Waals surface area contributed by atoms with Gasteiger partial charge in [-0.25, -0.2) is 5.50 Å². The smallest absolute Gasteiger partial charge is 0.303 e. The van der Waals surface area contributed by atoms with Crippen LogP contribution in [0.25, 0.3) is 21.9 Å². The number of aryl methyl sites for hydroxylation is 2. The Morgan fingerprint density at radius 1 is 0.833 bits per heavy atom. The molecule has 3 nitrogen and oxygen atoms in total. The number of nitrogen functional groups attached to an aromatic ring is 1. The average Bonchev–Trinajstić information content (AvgIpc) is 2.46. The topological polar surface area (TPSA) is 52.3 Å². The van der Waals surface area contributed by atoms with Crippen LogP contribution in [0, 0.1) is 13.8 Å². The van der Waals surface area contributed by atoms with Crippen molar-refractivity contribution in [1.29, 1.82) is 0 Å². The molecule has 0 saturated carbocycles. The molecule has 2 aromatic carbocycles. The zero-order valence-corrected chi connectivity index (χ0v) is 11.2. The van der Waals surface area contributed by atoms with Gasteiger partial charge in [0, 0.05) is 10.8 Å². The zero-order chi connectivity index (χ0) is 12.7. The van der Waals surface area contributed by atoms with Crippen LogP contribution in [0.1, 0.15) is 11.1 Å². The fourth-order valence-electron chi connectivity index (χ4n) is 2.29. The van der Waals surface area contributed by atoms with Gasteiger partial charge >= 0.3 is 8.16 Å². The third kappa shape index (κ3) is 1.72. The van der Waals surface area contributed by atoms with Gasteiger partial charge in [-0.05, 0) is 37.1 Å². The maximum absolute atomic E-state index is 5.88. The molecule has 4 heteroatoms. The van der Waals surface area contributed by atoms with Crippen LogP contribution in [-0.4, -0.2) is 0 Å². The Balaban J connectivity index is 2.74. The van der Waals surface area contributed by atoms with Crippen molar-refractivity contribution in [1.82, 2.24) is 0 Å². The summed E-state index contributed by atoms with van der Waals surface area (Å²) in [6.45, 7) is 4.14. The number of benzene rings is 2. The molecular weight excluding hydrogens is 245 g/mol. The molecule has 0 aliphatic carbocycles. The molecule has 0 amide bonds.